The second-order valence-electron chi connectivity index (χ2n) is 9.53. The molecule has 0 saturated carbocycles. The monoisotopic (exact) mass is 553 g/mol. The number of ketones is 1. The normalized spacial score (nSPS) is 16.4. The summed E-state index contributed by atoms with van der Waals surface area (Å²) in [5.41, 5.74) is 1.94. The van der Waals surface area contributed by atoms with Crippen molar-refractivity contribution in [3.8, 4) is 0 Å². The number of carbonyl (C=O) groups is 3. The number of carbonyl (C=O) groups excluding carboxylic acids is 5. The molecule has 5 rings (SSSR count). The van der Waals surface area contributed by atoms with Crippen LogP contribution < -0.4 is 20.7 Å². The van der Waals surface area contributed by atoms with Crippen molar-refractivity contribution >= 4 is 51.9 Å². The van der Waals surface area contributed by atoms with Gasteiger partial charge in [0.2, 0.25) is 5.91 Å². The molecule has 12 nitrogen and oxygen atoms in total. The summed E-state index contributed by atoms with van der Waals surface area (Å²) in [7, 11) is 0. The number of fused-ring (bicyclic) bond motifs is 3. The van der Waals surface area contributed by atoms with Crippen molar-refractivity contribution in [1.82, 2.24) is 9.36 Å². The van der Waals surface area contributed by atoms with Gasteiger partial charge in [0, 0.05) is 32.1 Å². The molecule has 2 aliphatic heterocycles. The lowest BCUT2D eigenvalue weighted by atomic mass is 10.1. The molecule has 0 aliphatic carbocycles. The van der Waals surface area contributed by atoms with Gasteiger partial charge in [0.25, 0.3) is 5.56 Å². The number of cyclic esters (lactones) is 1. The van der Waals surface area contributed by atoms with Crippen LogP contribution in [-0.4, -0.2) is 59.0 Å². The average molecular weight is 554 g/mol. The van der Waals surface area contributed by atoms with E-state index in [1.165, 1.54) is 24.8 Å². The number of amides is 2. The first-order chi connectivity index (χ1) is 19.1. The third kappa shape index (κ3) is 5.94. The van der Waals surface area contributed by atoms with Crippen molar-refractivity contribution in [1.29, 1.82) is 0 Å². The highest BCUT2D eigenvalue weighted by Gasteiger charge is 2.33. The molecule has 1 saturated heterocycles. The van der Waals surface area contributed by atoms with E-state index < -0.39 is 18.0 Å². The lowest BCUT2D eigenvalue weighted by molar-refractivity contribution is -0.191. The van der Waals surface area contributed by atoms with Gasteiger partial charge in [-0.1, -0.05) is 0 Å². The Kier molecular flexibility index (Phi) is 8.44. The van der Waals surface area contributed by atoms with E-state index in [2.05, 4.69) is 5.32 Å². The molecule has 3 heterocycles. The predicted octanol–water partition coefficient (Wildman–Crippen LogP) is 2.53. The van der Waals surface area contributed by atoms with Crippen molar-refractivity contribution < 1.29 is 33.1 Å². The fraction of sp³-hybridized carbons (Fsp3) is 0.370. The van der Waals surface area contributed by atoms with E-state index >= 15 is 4.39 Å². The fourth-order valence-electron chi connectivity index (χ4n) is 5.01. The van der Waals surface area contributed by atoms with E-state index in [4.69, 9.17) is 14.3 Å². The Labute approximate surface area is 227 Å². The molecule has 0 bridgehead atoms. The Morgan fingerprint density at radius 3 is 2.38 bits per heavy atom. The Hall–Kier alpha value is -4.77. The van der Waals surface area contributed by atoms with Crippen LogP contribution >= 0.6 is 0 Å². The zero-order valence-electron chi connectivity index (χ0n) is 22.0. The lowest BCUT2D eigenvalue weighted by Gasteiger charge is -2.24. The van der Waals surface area contributed by atoms with Gasteiger partial charge in [-0.2, -0.15) is 9.59 Å². The van der Waals surface area contributed by atoms with Crippen LogP contribution in [0.4, 0.5) is 26.2 Å². The molecule has 1 fully saturated rings. The Morgan fingerprint density at radius 2 is 1.73 bits per heavy atom. The highest BCUT2D eigenvalue weighted by Crippen LogP contribution is 2.29. The number of rotatable bonds is 6. The average Bonchev–Trinajstić information content (AvgIpc) is 3.29. The van der Waals surface area contributed by atoms with Crippen molar-refractivity contribution in [2.75, 3.05) is 34.8 Å². The standard InChI is InChI=1S/C26H28FN5O5.CO2/c1-16(33)3-6-20-15-30(26(36)37-20)19-5-8-24(22(27)14-19)29-9-11-31-23-7-4-18(28-17(2)34)13-21(23)25(35)32(31)12-10-29;2-1-3/h4-5,7-8,13-14,20H,3,6,9-12,15H2,1-2H3,(H,28,34);/t20-;/m0./s1. The lowest BCUT2D eigenvalue weighted by Crippen LogP contribution is -2.29. The first-order valence-corrected chi connectivity index (χ1v) is 12.6. The Morgan fingerprint density at radius 1 is 1.02 bits per heavy atom. The first-order valence-electron chi connectivity index (χ1n) is 12.6. The van der Waals surface area contributed by atoms with Gasteiger partial charge < -0.3 is 19.7 Å². The van der Waals surface area contributed by atoms with Crippen LogP contribution in [0.1, 0.15) is 26.7 Å². The topological polar surface area (TPSA) is 140 Å². The summed E-state index contributed by atoms with van der Waals surface area (Å²) < 4.78 is 24.1. The molecule has 0 unspecified atom stereocenters. The molecular weight excluding hydrogens is 525 g/mol. The first kappa shape index (κ1) is 28.2. The van der Waals surface area contributed by atoms with Gasteiger partial charge >= 0.3 is 12.2 Å². The van der Waals surface area contributed by atoms with Crippen LogP contribution in [0.25, 0.3) is 10.9 Å². The minimum absolute atomic E-state index is 0.0269. The summed E-state index contributed by atoms with van der Waals surface area (Å²) in [4.78, 5) is 67.5. The Balaban J connectivity index is 0.00000118. The van der Waals surface area contributed by atoms with Crippen LogP contribution in [0.3, 0.4) is 0 Å². The van der Waals surface area contributed by atoms with Crippen LogP contribution in [-0.2, 0) is 37.0 Å². The van der Waals surface area contributed by atoms with Gasteiger partial charge in [0.15, 0.2) is 0 Å². The molecule has 1 N–H and O–H groups in total. The molecule has 0 radical (unpaired) electrons. The maximum Gasteiger partial charge on any atom is 0.414 e. The highest BCUT2D eigenvalue weighted by atomic mass is 19.1. The molecule has 2 aliphatic rings. The molecule has 13 heteroatoms. The van der Waals surface area contributed by atoms with Gasteiger partial charge in [-0.05, 0) is 49.7 Å². The highest BCUT2D eigenvalue weighted by molar-refractivity contribution is 5.92. The van der Waals surface area contributed by atoms with E-state index in [1.54, 1.807) is 28.9 Å². The van der Waals surface area contributed by atoms with Crippen LogP contribution in [0, 0.1) is 5.82 Å². The van der Waals surface area contributed by atoms with Crippen LogP contribution in [0.15, 0.2) is 41.2 Å². The number of hydrogen-bond donors (Lipinski definition) is 1. The zero-order valence-corrected chi connectivity index (χ0v) is 22.0. The molecule has 0 spiro atoms. The summed E-state index contributed by atoms with van der Waals surface area (Å²) >= 11 is 0. The third-order valence-corrected chi connectivity index (χ3v) is 6.79. The number of nitrogens with zero attached hydrogens (tertiary/aromatic N) is 4. The largest absolute Gasteiger partial charge is 0.444 e. The van der Waals surface area contributed by atoms with E-state index in [-0.39, 0.29) is 29.9 Å². The van der Waals surface area contributed by atoms with Crippen molar-refractivity contribution in [2.45, 2.75) is 45.9 Å². The maximum absolute atomic E-state index is 15.3. The number of aromatic nitrogens is 2. The fourth-order valence-corrected chi connectivity index (χ4v) is 5.01. The van der Waals surface area contributed by atoms with Crippen LogP contribution in [0.5, 0.6) is 0 Å². The molecule has 1 atom stereocenters. The smallest absolute Gasteiger partial charge is 0.414 e. The Bertz CT molecular complexity index is 1560. The minimum atomic E-state index is -0.553. The molecule has 210 valence electrons. The van der Waals surface area contributed by atoms with Gasteiger partial charge in [0.1, 0.15) is 17.7 Å². The van der Waals surface area contributed by atoms with Gasteiger partial charge in [-0.25, -0.2) is 13.9 Å². The summed E-state index contributed by atoms with van der Waals surface area (Å²) in [6, 6.07) is 9.89. The molecule has 3 aromatic rings. The predicted molar refractivity (Wildman–Crippen MR) is 142 cm³/mol. The van der Waals surface area contributed by atoms with Crippen molar-refractivity contribution in [3.05, 3.63) is 52.6 Å². The number of anilines is 3. The van der Waals surface area contributed by atoms with E-state index in [9.17, 15) is 19.2 Å². The maximum atomic E-state index is 15.3. The molecule has 2 aromatic carbocycles. The molecular formula is C27H28FN5O7. The van der Waals surface area contributed by atoms with Gasteiger partial charge in [0.05, 0.1) is 41.9 Å². The van der Waals surface area contributed by atoms with E-state index in [0.29, 0.717) is 61.5 Å². The molecule has 40 heavy (non-hydrogen) atoms. The number of halogens is 1. The number of benzene rings is 2. The quantitative estimate of drug-likeness (QED) is 0.491. The van der Waals surface area contributed by atoms with E-state index in [1.807, 2.05) is 15.6 Å². The van der Waals surface area contributed by atoms with Crippen molar-refractivity contribution in [3.63, 3.8) is 0 Å². The van der Waals surface area contributed by atoms with Crippen molar-refractivity contribution in [2.24, 2.45) is 0 Å². The molecule has 2 amide bonds. The van der Waals surface area contributed by atoms with E-state index in [0.717, 1.165) is 5.52 Å². The number of ether oxygens (including phenoxy) is 1. The summed E-state index contributed by atoms with van der Waals surface area (Å²) in [6.07, 6.45) is 0.0608. The summed E-state index contributed by atoms with van der Waals surface area (Å²) in [5, 5.41) is 3.22. The van der Waals surface area contributed by atoms with Crippen LogP contribution in [0.2, 0.25) is 0 Å². The summed E-state index contributed by atoms with van der Waals surface area (Å²) in [5.74, 6) is -0.654. The summed E-state index contributed by atoms with van der Waals surface area (Å²) in [6.45, 7) is 4.90. The van der Waals surface area contributed by atoms with Gasteiger partial charge in [-0.3, -0.25) is 19.2 Å². The number of Topliss-reactive ketones (excluding diaryl/α,β-unsaturated/α-hetero) is 1. The SMILES string of the molecule is CC(=O)CC[C@H]1CN(c2ccc(N3CCn4c(=O)c5cc(NC(C)=O)ccc5n4CC3)c(F)c2)C(=O)O1.O=C=O. The van der Waals surface area contributed by atoms with Gasteiger partial charge in [-0.15, -0.1) is 0 Å². The molecule has 1 aromatic heterocycles. The second kappa shape index (κ2) is 12.0. The zero-order chi connectivity index (χ0) is 29.0. The number of nitrogens with one attached hydrogen (secondary N) is 1. The number of hydrogen-bond acceptors (Lipinski definition) is 8. The second-order valence-corrected chi connectivity index (χ2v) is 9.53. The third-order valence-electron chi connectivity index (χ3n) is 6.79. The minimum Gasteiger partial charge on any atom is -0.444 e.